The number of hydrogen-bond acceptors (Lipinski definition) is 4. The molecule has 0 radical (unpaired) electrons. The van der Waals surface area contributed by atoms with Crippen molar-refractivity contribution in [3.05, 3.63) is 35.4 Å². The zero-order valence-corrected chi connectivity index (χ0v) is 15.0. The minimum atomic E-state index is -0.285. The SMILES string of the molecule is O=C(CCCN1C(=O)c2ccccc2C1=O)NCC1(CO)CCCCC1. The molecule has 3 rings (SSSR count). The van der Waals surface area contributed by atoms with Crippen molar-refractivity contribution in [2.45, 2.75) is 44.9 Å². The van der Waals surface area contributed by atoms with Crippen LogP contribution in [-0.2, 0) is 4.79 Å². The van der Waals surface area contributed by atoms with E-state index in [1.807, 2.05) is 0 Å². The molecule has 6 heteroatoms. The van der Waals surface area contributed by atoms with Crippen LogP contribution in [0, 0.1) is 5.41 Å². The van der Waals surface area contributed by atoms with Crippen molar-refractivity contribution in [3.8, 4) is 0 Å². The predicted octanol–water partition coefficient (Wildman–Crippen LogP) is 2.12. The van der Waals surface area contributed by atoms with Crippen molar-refractivity contribution in [3.63, 3.8) is 0 Å². The number of aliphatic hydroxyl groups excluding tert-OH is 1. The average molecular weight is 358 g/mol. The molecule has 26 heavy (non-hydrogen) atoms. The molecule has 1 aromatic rings. The van der Waals surface area contributed by atoms with Gasteiger partial charge in [0.1, 0.15) is 0 Å². The highest BCUT2D eigenvalue weighted by atomic mass is 16.3. The second-order valence-electron chi connectivity index (χ2n) is 7.41. The normalized spacial score (nSPS) is 18.7. The number of aliphatic hydroxyl groups is 1. The summed E-state index contributed by atoms with van der Waals surface area (Å²) in [5, 5.41) is 12.6. The summed E-state index contributed by atoms with van der Waals surface area (Å²) >= 11 is 0. The van der Waals surface area contributed by atoms with Gasteiger partial charge in [-0.15, -0.1) is 0 Å². The first-order valence-electron chi connectivity index (χ1n) is 9.39. The van der Waals surface area contributed by atoms with E-state index in [1.54, 1.807) is 24.3 Å². The van der Waals surface area contributed by atoms with Crippen molar-refractivity contribution in [1.29, 1.82) is 0 Å². The first kappa shape index (κ1) is 18.6. The van der Waals surface area contributed by atoms with Crippen LogP contribution in [0.5, 0.6) is 0 Å². The smallest absolute Gasteiger partial charge is 0.261 e. The topological polar surface area (TPSA) is 86.7 Å². The van der Waals surface area contributed by atoms with Gasteiger partial charge in [0, 0.05) is 24.9 Å². The van der Waals surface area contributed by atoms with Crippen LogP contribution in [0.15, 0.2) is 24.3 Å². The molecule has 0 bridgehead atoms. The molecular formula is C20H26N2O4. The van der Waals surface area contributed by atoms with Crippen LogP contribution < -0.4 is 5.32 Å². The molecule has 0 unspecified atom stereocenters. The fourth-order valence-electron chi connectivity index (χ4n) is 3.91. The zero-order valence-electron chi connectivity index (χ0n) is 15.0. The van der Waals surface area contributed by atoms with Gasteiger partial charge >= 0.3 is 0 Å². The Kier molecular flexibility index (Phi) is 5.71. The van der Waals surface area contributed by atoms with Gasteiger partial charge < -0.3 is 10.4 Å². The van der Waals surface area contributed by atoms with Crippen LogP contribution in [0.3, 0.4) is 0 Å². The van der Waals surface area contributed by atoms with Gasteiger partial charge in [-0.05, 0) is 31.4 Å². The summed E-state index contributed by atoms with van der Waals surface area (Å²) in [7, 11) is 0. The fourth-order valence-corrected chi connectivity index (χ4v) is 3.91. The number of nitrogens with zero attached hydrogens (tertiary/aromatic N) is 1. The van der Waals surface area contributed by atoms with E-state index in [4.69, 9.17) is 0 Å². The van der Waals surface area contributed by atoms with Crippen LogP contribution in [0.2, 0.25) is 0 Å². The van der Waals surface area contributed by atoms with Gasteiger partial charge in [-0.3, -0.25) is 19.3 Å². The molecular weight excluding hydrogens is 332 g/mol. The van der Waals surface area contributed by atoms with Gasteiger partial charge in [0.15, 0.2) is 0 Å². The standard InChI is InChI=1S/C20H26N2O4/c23-14-20(10-4-1-5-11-20)13-21-17(24)9-6-12-22-18(25)15-7-2-3-8-16(15)19(22)26/h2-3,7-8,23H,1,4-6,9-14H2,(H,21,24). The molecule has 1 aromatic carbocycles. The minimum Gasteiger partial charge on any atom is -0.396 e. The van der Waals surface area contributed by atoms with Crippen molar-refractivity contribution in [2.75, 3.05) is 19.7 Å². The Labute approximate surface area is 153 Å². The van der Waals surface area contributed by atoms with Crippen LogP contribution >= 0.6 is 0 Å². The lowest BCUT2D eigenvalue weighted by atomic mass is 9.74. The van der Waals surface area contributed by atoms with E-state index < -0.39 is 0 Å². The Morgan fingerprint density at radius 1 is 1.08 bits per heavy atom. The molecule has 0 spiro atoms. The van der Waals surface area contributed by atoms with Crippen LogP contribution in [0.1, 0.15) is 65.7 Å². The second kappa shape index (κ2) is 7.99. The summed E-state index contributed by atoms with van der Waals surface area (Å²) in [5.74, 6) is -0.667. The molecule has 1 fully saturated rings. The Morgan fingerprint density at radius 2 is 1.69 bits per heavy atom. The number of fused-ring (bicyclic) bond motifs is 1. The van der Waals surface area contributed by atoms with Gasteiger partial charge in [-0.1, -0.05) is 31.4 Å². The Morgan fingerprint density at radius 3 is 2.27 bits per heavy atom. The molecule has 0 saturated heterocycles. The maximum atomic E-state index is 12.3. The first-order valence-corrected chi connectivity index (χ1v) is 9.39. The van der Waals surface area contributed by atoms with E-state index in [0.29, 0.717) is 24.1 Å². The van der Waals surface area contributed by atoms with E-state index in [9.17, 15) is 19.5 Å². The maximum Gasteiger partial charge on any atom is 0.261 e. The van der Waals surface area contributed by atoms with Gasteiger partial charge in [0.2, 0.25) is 5.91 Å². The van der Waals surface area contributed by atoms with E-state index in [1.165, 1.54) is 11.3 Å². The quantitative estimate of drug-likeness (QED) is 0.731. The summed E-state index contributed by atoms with van der Waals surface area (Å²) < 4.78 is 0. The number of carbonyl (C=O) groups is 3. The molecule has 1 aliphatic carbocycles. The number of nitrogens with one attached hydrogen (secondary N) is 1. The molecule has 3 amide bonds. The lowest BCUT2D eigenvalue weighted by Crippen LogP contribution is -2.41. The van der Waals surface area contributed by atoms with Crippen LogP contribution in [0.25, 0.3) is 0 Å². The Hall–Kier alpha value is -2.21. The highest BCUT2D eigenvalue weighted by Gasteiger charge is 2.35. The largest absolute Gasteiger partial charge is 0.396 e. The summed E-state index contributed by atoms with van der Waals surface area (Å²) in [6.45, 7) is 0.836. The third kappa shape index (κ3) is 3.80. The van der Waals surface area contributed by atoms with Gasteiger partial charge in [0.25, 0.3) is 11.8 Å². The molecule has 1 heterocycles. The number of hydrogen-bond donors (Lipinski definition) is 2. The summed E-state index contributed by atoms with van der Waals surface area (Å²) in [6, 6.07) is 6.79. The average Bonchev–Trinajstić information content (AvgIpc) is 2.92. The van der Waals surface area contributed by atoms with E-state index in [0.717, 1.165) is 25.7 Å². The molecule has 2 aliphatic rings. The molecule has 1 saturated carbocycles. The number of benzene rings is 1. The van der Waals surface area contributed by atoms with E-state index >= 15 is 0 Å². The van der Waals surface area contributed by atoms with E-state index in [-0.39, 0.29) is 42.7 Å². The van der Waals surface area contributed by atoms with E-state index in [2.05, 4.69) is 5.32 Å². The summed E-state index contributed by atoms with van der Waals surface area (Å²) in [6.07, 6.45) is 5.96. The van der Waals surface area contributed by atoms with Crippen LogP contribution in [0.4, 0.5) is 0 Å². The molecule has 0 atom stereocenters. The lowest BCUT2D eigenvalue weighted by molar-refractivity contribution is -0.122. The highest BCUT2D eigenvalue weighted by Crippen LogP contribution is 2.35. The third-order valence-corrected chi connectivity index (χ3v) is 5.57. The first-order chi connectivity index (χ1) is 12.6. The van der Waals surface area contributed by atoms with Crippen molar-refractivity contribution in [1.82, 2.24) is 10.2 Å². The van der Waals surface area contributed by atoms with Crippen LogP contribution in [-0.4, -0.2) is 47.4 Å². The van der Waals surface area contributed by atoms with Crippen molar-refractivity contribution in [2.24, 2.45) is 5.41 Å². The summed E-state index contributed by atoms with van der Waals surface area (Å²) in [4.78, 5) is 37.9. The number of carbonyl (C=O) groups excluding carboxylic acids is 3. The molecule has 0 aromatic heterocycles. The molecule has 140 valence electrons. The van der Waals surface area contributed by atoms with Crippen molar-refractivity contribution < 1.29 is 19.5 Å². The molecule has 1 aliphatic heterocycles. The van der Waals surface area contributed by atoms with Gasteiger partial charge in [0.05, 0.1) is 17.7 Å². The Balaban J connectivity index is 1.44. The third-order valence-electron chi connectivity index (χ3n) is 5.57. The molecule has 6 nitrogen and oxygen atoms in total. The second-order valence-corrected chi connectivity index (χ2v) is 7.41. The van der Waals surface area contributed by atoms with Gasteiger partial charge in [-0.25, -0.2) is 0 Å². The fraction of sp³-hybridized carbons (Fsp3) is 0.550. The monoisotopic (exact) mass is 358 g/mol. The highest BCUT2D eigenvalue weighted by molar-refractivity contribution is 6.21. The number of amides is 3. The molecule has 2 N–H and O–H groups in total. The summed E-state index contributed by atoms with van der Waals surface area (Å²) in [5.41, 5.74) is 0.685. The predicted molar refractivity (Wildman–Crippen MR) is 96.7 cm³/mol. The maximum absolute atomic E-state index is 12.3. The lowest BCUT2D eigenvalue weighted by Gasteiger charge is -2.35. The van der Waals surface area contributed by atoms with Crippen molar-refractivity contribution >= 4 is 17.7 Å². The Bertz CT molecular complexity index is 660. The van der Waals surface area contributed by atoms with Gasteiger partial charge in [-0.2, -0.15) is 0 Å². The number of rotatable bonds is 7. The number of imide groups is 1. The zero-order chi connectivity index (χ0) is 18.6. The minimum absolute atomic E-state index is 0.0972.